The molecule has 1 aromatic carbocycles. The molecule has 2 fully saturated rings. The fourth-order valence-corrected chi connectivity index (χ4v) is 4.23. The zero-order valence-electron chi connectivity index (χ0n) is 18.4. The molecule has 8 nitrogen and oxygen atoms in total. The topological polar surface area (TPSA) is 63.1 Å². The number of aryl methyl sites for hydroxylation is 1. The quantitative estimate of drug-likeness (QED) is 0.672. The van der Waals surface area contributed by atoms with E-state index in [-0.39, 0.29) is 6.09 Å². The van der Waals surface area contributed by atoms with E-state index in [1.165, 1.54) is 5.56 Å². The molecule has 0 N–H and O–H groups in total. The maximum absolute atomic E-state index is 12.5. The van der Waals surface area contributed by atoms with Crippen molar-refractivity contribution >= 4 is 6.09 Å². The van der Waals surface area contributed by atoms with Crippen LogP contribution in [0.1, 0.15) is 11.1 Å². The first-order valence-electron chi connectivity index (χ1n) is 11.2. The minimum absolute atomic E-state index is 0.226. The summed E-state index contributed by atoms with van der Waals surface area (Å²) in [5.74, 6) is 0. The number of carbonyl (C=O) groups excluding carboxylic acids is 1. The Morgan fingerprint density at radius 1 is 1.06 bits per heavy atom. The molecule has 1 aromatic heterocycles. The van der Waals surface area contributed by atoms with E-state index in [4.69, 9.17) is 9.47 Å². The summed E-state index contributed by atoms with van der Waals surface area (Å²) in [5, 5.41) is 4.50. The van der Waals surface area contributed by atoms with Gasteiger partial charge in [0.25, 0.3) is 0 Å². The molecule has 2 aromatic rings. The molecule has 3 heterocycles. The molecule has 0 unspecified atom stereocenters. The van der Waals surface area contributed by atoms with E-state index in [0.717, 1.165) is 58.0 Å². The highest BCUT2D eigenvalue weighted by Crippen LogP contribution is 2.13. The predicted molar refractivity (Wildman–Crippen MR) is 118 cm³/mol. The molecule has 0 aliphatic carbocycles. The van der Waals surface area contributed by atoms with Crippen molar-refractivity contribution in [3.63, 3.8) is 0 Å². The highest BCUT2D eigenvalue weighted by Gasteiger charge is 2.29. The molecule has 4 rings (SSSR count). The van der Waals surface area contributed by atoms with Crippen molar-refractivity contribution in [2.24, 2.45) is 0 Å². The van der Waals surface area contributed by atoms with Gasteiger partial charge in [-0.05, 0) is 18.1 Å². The van der Waals surface area contributed by atoms with Crippen LogP contribution in [0.5, 0.6) is 0 Å². The molecular formula is C23H33N5O3. The van der Waals surface area contributed by atoms with Crippen LogP contribution in [0.4, 0.5) is 4.79 Å². The molecule has 2 aliphatic heterocycles. The monoisotopic (exact) mass is 427 g/mol. The van der Waals surface area contributed by atoms with Gasteiger partial charge in [0.1, 0.15) is 6.61 Å². The van der Waals surface area contributed by atoms with Crippen LogP contribution in [0.2, 0.25) is 0 Å². The van der Waals surface area contributed by atoms with Gasteiger partial charge in [-0.15, -0.1) is 0 Å². The van der Waals surface area contributed by atoms with Gasteiger partial charge in [0, 0.05) is 58.1 Å². The molecule has 0 spiro atoms. The van der Waals surface area contributed by atoms with Crippen molar-refractivity contribution in [3.8, 4) is 0 Å². The fraction of sp³-hybridized carbons (Fsp3) is 0.565. The van der Waals surface area contributed by atoms with E-state index in [9.17, 15) is 4.79 Å². The lowest BCUT2D eigenvalue weighted by atomic mass is 10.1. The second kappa shape index (κ2) is 10.7. The second-order valence-corrected chi connectivity index (χ2v) is 8.37. The van der Waals surface area contributed by atoms with Crippen LogP contribution in [-0.4, -0.2) is 95.6 Å². The number of nitrogens with zero attached hydrogens (tertiary/aromatic N) is 5. The van der Waals surface area contributed by atoms with Crippen LogP contribution in [0.3, 0.4) is 0 Å². The van der Waals surface area contributed by atoms with E-state index in [1.54, 1.807) is 0 Å². The number of carbonyl (C=O) groups is 1. The number of piperazine rings is 1. The fourth-order valence-electron chi connectivity index (χ4n) is 4.23. The van der Waals surface area contributed by atoms with Crippen LogP contribution in [0.25, 0.3) is 0 Å². The molecule has 31 heavy (non-hydrogen) atoms. The first-order chi connectivity index (χ1) is 15.2. The number of amides is 1. The lowest BCUT2D eigenvalue weighted by Gasteiger charge is -2.41. The van der Waals surface area contributed by atoms with Crippen molar-refractivity contribution in [2.45, 2.75) is 26.1 Å². The van der Waals surface area contributed by atoms with Crippen molar-refractivity contribution in [3.05, 3.63) is 53.9 Å². The van der Waals surface area contributed by atoms with Gasteiger partial charge in [-0.1, -0.05) is 30.3 Å². The average molecular weight is 428 g/mol. The maximum Gasteiger partial charge on any atom is 0.410 e. The number of benzene rings is 1. The number of ether oxygens (including phenoxy) is 2. The Morgan fingerprint density at radius 3 is 2.48 bits per heavy atom. The summed E-state index contributed by atoms with van der Waals surface area (Å²) in [7, 11) is 0. The molecule has 2 aliphatic rings. The van der Waals surface area contributed by atoms with Gasteiger partial charge in [-0.2, -0.15) is 5.10 Å². The molecule has 168 valence electrons. The number of hydrogen-bond donors (Lipinski definition) is 0. The van der Waals surface area contributed by atoms with E-state index < -0.39 is 0 Å². The van der Waals surface area contributed by atoms with Crippen molar-refractivity contribution < 1.29 is 14.3 Å². The maximum atomic E-state index is 12.5. The SMILES string of the molecule is Cc1cnn(C[C@H](CN2CCOCC2)N2CCN(C(=O)OCc3ccccc3)CC2)c1. The van der Waals surface area contributed by atoms with E-state index >= 15 is 0 Å². The first-order valence-corrected chi connectivity index (χ1v) is 11.2. The minimum Gasteiger partial charge on any atom is -0.445 e. The zero-order chi connectivity index (χ0) is 21.5. The van der Waals surface area contributed by atoms with Gasteiger partial charge >= 0.3 is 6.09 Å². The Labute approximate surface area is 184 Å². The van der Waals surface area contributed by atoms with Gasteiger partial charge in [0.05, 0.1) is 26.0 Å². The van der Waals surface area contributed by atoms with Gasteiger partial charge in [0.15, 0.2) is 0 Å². The van der Waals surface area contributed by atoms with Gasteiger partial charge in [0.2, 0.25) is 0 Å². The zero-order valence-corrected chi connectivity index (χ0v) is 18.4. The van der Waals surface area contributed by atoms with Crippen molar-refractivity contribution in [2.75, 3.05) is 59.0 Å². The van der Waals surface area contributed by atoms with Crippen LogP contribution >= 0.6 is 0 Å². The van der Waals surface area contributed by atoms with Crippen LogP contribution in [-0.2, 0) is 22.6 Å². The molecule has 0 radical (unpaired) electrons. The lowest BCUT2D eigenvalue weighted by Crippen LogP contribution is -2.56. The molecule has 1 atom stereocenters. The van der Waals surface area contributed by atoms with E-state index in [1.807, 2.05) is 46.1 Å². The molecule has 0 bridgehead atoms. The first kappa shape index (κ1) is 21.8. The summed E-state index contributed by atoms with van der Waals surface area (Å²) in [5.41, 5.74) is 2.19. The molecule has 0 saturated carbocycles. The third-order valence-corrected chi connectivity index (χ3v) is 6.03. The Bertz CT molecular complexity index is 814. The Kier molecular flexibility index (Phi) is 7.56. The minimum atomic E-state index is -0.226. The summed E-state index contributed by atoms with van der Waals surface area (Å²) in [4.78, 5) is 19.3. The lowest BCUT2D eigenvalue weighted by molar-refractivity contribution is 0.00958. The summed E-state index contributed by atoms with van der Waals surface area (Å²) < 4.78 is 13.1. The standard InChI is InChI=1S/C23H33N5O3/c1-20-15-24-28(16-20)18-22(17-25-11-13-30-14-12-25)26-7-9-27(10-8-26)23(29)31-19-21-5-3-2-4-6-21/h2-6,15-16,22H,7-14,17-19H2,1H3/t22-/m0/s1. The number of hydrogen-bond acceptors (Lipinski definition) is 6. The smallest absolute Gasteiger partial charge is 0.410 e. The van der Waals surface area contributed by atoms with Crippen molar-refractivity contribution in [1.82, 2.24) is 24.5 Å². The largest absolute Gasteiger partial charge is 0.445 e. The van der Waals surface area contributed by atoms with Crippen molar-refractivity contribution in [1.29, 1.82) is 0 Å². The summed E-state index contributed by atoms with van der Waals surface area (Å²) in [6.45, 7) is 10.8. The molecular weight excluding hydrogens is 394 g/mol. The van der Waals surface area contributed by atoms with E-state index in [0.29, 0.717) is 25.7 Å². The molecule has 2 saturated heterocycles. The third-order valence-electron chi connectivity index (χ3n) is 6.03. The predicted octanol–water partition coefficient (Wildman–Crippen LogP) is 1.85. The van der Waals surface area contributed by atoms with Crippen LogP contribution in [0.15, 0.2) is 42.7 Å². The summed E-state index contributed by atoms with van der Waals surface area (Å²) in [6.07, 6.45) is 3.78. The number of morpholine rings is 1. The van der Waals surface area contributed by atoms with E-state index in [2.05, 4.69) is 28.0 Å². The summed E-state index contributed by atoms with van der Waals surface area (Å²) >= 11 is 0. The third kappa shape index (κ3) is 6.29. The number of rotatable bonds is 7. The summed E-state index contributed by atoms with van der Waals surface area (Å²) in [6, 6.07) is 10.2. The number of aromatic nitrogens is 2. The normalized spacial score (nSPS) is 19.3. The Morgan fingerprint density at radius 2 is 1.81 bits per heavy atom. The van der Waals surface area contributed by atoms with Gasteiger partial charge in [-0.3, -0.25) is 14.5 Å². The van der Waals surface area contributed by atoms with Crippen LogP contribution in [0, 0.1) is 6.92 Å². The highest BCUT2D eigenvalue weighted by molar-refractivity contribution is 5.67. The van der Waals surface area contributed by atoms with Crippen LogP contribution < -0.4 is 0 Å². The second-order valence-electron chi connectivity index (χ2n) is 8.37. The molecule has 8 heteroatoms. The Balaban J connectivity index is 1.31. The highest BCUT2D eigenvalue weighted by atomic mass is 16.6. The van der Waals surface area contributed by atoms with Gasteiger partial charge in [-0.25, -0.2) is 4.79 Å². The Hall–Kier alpha value is -2.42. The average Bonchev–Trinajstić information content (AvgIpc) is 3.23. The van der Waals surface area contributed by atoms with Gasteiger partial charge < -0.3 is 14.4 Å². The molecule has 1 amide bonds.